The Morgan fingerprint density at radius 3 is 2.73 bits per heavy atom. The van der Waals surface area contributed by atoms with Crippen molar-refractivity contribution in [3.8, 4) is 0 Å². The fourth-order valence-corrected chi connectivity index (χ4v) is 4.07. The number of hydrogen-bond donors (Lipinski definition) is 0. The summed E-state index contributed by atoms with van der Waals surface area (Å²) in [6.07, 6.45) is 5.02. The molecule has 2 atom stereocenters. The summed E-state index contributed by atoms with van der Waals surface area (Å²) in [5, 5.41) is 1.16. The van der Waals surface area contributed by atoms with E-state index in [4.69, 9.17) is 4.74 Å². The van der Waals surface area contributed by atoms with Crippen LogP contribution in [0.25, 0.3) is 16.5 Å². The Bertz CT molecular complexity index is 895. The number of ether oxygens (including phenoxy) is 1. The van der Waals surface area contributed by atoms with Crippen LogP contribution in [0.15, 0.2) is 36.4 Å². The average molecular weight is 350 g/mol. The first-order valence-electron chi connectivity index (χ1n) is 9.40. The first-order chi connectivity index (χ1) is 12.3. The van der Waals surface area contributed by atoms with Gasteiger partial charge in [0.2, 0.25) is 0 Å². The Labute approximate surface area is 154 Å². The van der Waals surface area contributed by atoms with E-state index in [0.717, 1.165) is 35.9 Å². The molecule has 3 heterocycles. The van der Waals surface area contributed by atoms with Gasteiger partial charge in [0.1, 0.15) is 5.60 Å². The molecule has 2 unspecified atom stereocenters. The highest BCUT2D eigenvalue weighted by molar-refractivity contribution is 5.84. The van der Waals surface area contributed by atoms with Crippen molar-refractivity contribution in [1.82, 2.24) is 9.88 Å². The lowest BCUT2D eigenvalue weighted by Gasteiger charge is -2.35. The van der Waals surface area contributed by atoms with Gasteiger partial charge in [0, 0.05) is 17.1 Å². The van der Waals surface area contributed by atoms with Gasteiger partial charge in [0.15, 0.2) is 0 Å². The molecule has 4 heteroatoms. The summed E-state index contributed by atoms with van der Waals surface area (Å²) in [6, 6.07) is 11.0. The largest absolute Gasteiger partial charge is 0.444 e. The Balaban J connectivity index is 1.61. The predicted molar refractivity (Wildman–Crippen MR) is 104 cm³/mol. The van der Waals surface area contributed by atoms with Gasteiger partial charge in [0.05, 0.1) is 11.6 Å². The van der Waals surface area contributed by atoms with Crippen LogP contribution in [-0.2, 0) is 4.74 Å². The molecular formula is C22H26N2O2. The second kappa shape index (κ2) is 6.11. The second-order valence-electron chi connectivity index (χ2n) is 8.44. The van der Waals surface area contributed by atoms with Crippen molar-refractivity contribution in [2.45, 2.75) is 64.6 Å². The Hall–Kier alpha value is -2.36. The standard InChI is InChI=1S/C22H26N2O2/c1-14-5-6-16-11-15(7-10-20(16)23-14)17-12-18-8-9-19(13-17)24(18)21(25)26-22(2,3)4/h5-7,10-12,18-19H,8-9,13H2,1-4H3. The second-order valence-corrected chi connectivity index (χ2v) is 8.44. The zero-order chi connectivity index (χ0) is 18.5. The first-order valence-corrected chi connectivity index (χ1v) is 9.40. The molecule has 2 aromatic rings. The highest BCUT2D eigenvalue weighted by Gasteiger charge is 2.41. The number of hydrogen-bond acceptors (Lipinski definition) is 3. The average Bonchev–Trinajstić information content (AvgIpc) is 2.83. The van der Waals surface area contributed by atoms with Gasteiger partial charge in [-0.1, -0.05) is 18.2 Å². The maximum absolute atomic E-state index is 12.6. The molecule has 1 aromatic carbocycles. The predicted octanol–water partition coefficient (Wildman–Crippen LogP) is 5.10. The molecule has 2 aliphatic rings. The number of benzene rings is 1. The smallest absolute Gasteiger partial charge is 0.411 e. The van der Waals surface area contributed by atoms with E-state index in [2.05, 4.69) is 41.4 Å². The van der Waals surface area contributed by atoms with E-state index >= 15 is 0 Å². The summed E-state index contributed by atoms with van der Waals surface area (Å²) in [7, 11) is 0. The molecule has 0 spiro atoms. The highest BCUT2D eigenvalue weighted by Crippen LogP contribution is 2.39. The zero-order valence-electron chi connectivity index (χ0n) is 16.0. The molecule has 0 N–H and O–H groups in total. The number of rotatable bonds is 1. The lowest BCUT2D eigenvalue weighted by molar-refractivity contribution is 0.0175. The molecule has 4 rings (SSSR count). The molecule has 1 amide bonds. The minimum absolute atomic E-state index is 0.144. The van der Waals surface area contributed by atoms with Crippen molar-refractivity contribution < 1.29 is 9.53 Å². The normalized spacial score (nSPS) is 22.5. The number of aromatic nitrogens is 1. The van der Waals surface area contributed by atoms with Crippen LogP contribution in [0.1, 0.15) is 51.3 Å². The maximum Gasteiger partial charge on any atom is 0.411 e. The van der Waals surface area contributed by atoms with E-state index in [1.54, 1.807) is 0 Å². The number of carbonyl (C=O) groups excluding carboxylic acids is 1. The van der Waals surface area contributed by atoms with Gasteiger partial charge >= 0.3 is 6.09 Å². The van der Waals surface area contributed by atoms with Crippen molar-refractivity contribution in [1.29, 1.82) is 0 Å². The van der Waals surface area contributed by atoms with Gasteiger partial charge in [0.25, 0.3) is 0 Å². The highest BCUT2D eigenvalue weighted by atomic mass is 16.6. The summed E-state index contributed by atoms with van der Waals surface area (Å²) in [5.74, 6) is 0. The molecule has 26 heavy (non-hydrogen) atoms. The molecule has 1 fully saturated rings. The van der Waals surface area contributed by atoms with Crippen molar-refractivity contribution in [2.24, 2.45) is 0 Å². The molecule has 1 saturated heterocycles. The first kappa shape index (κ1) is 17.1. The number of aryl methyl sites for hydroxylation is 1. The molecule has 0 aliphatic carbocycles. The lowest BCUT2D eigenvalue weighted by Crippen LogP contribution is -2.45. The summed E-state index contributed by atoms with van der Waals surface area (Å²) in [6.45, 7) is 7.77. The van der Waals surface area contributed by atoms with Crippen LogP contribution >= 0.6 is 0 Å². The van der Waals surface area contributed by atoms with E-state index < -0.39 is 5.60 Å². The SMILES string of the molecule is Cc1ccc2cc(C3=CC4CCC(C3)N4C(=O)OC(C)(C)C)ccc2n1. The van der Waals surface area contributed by atoms with E-state index in [1.807, 2.05) is 32.6 Å². The van der Waals surface area contributed by atoms with Gasteiger partial charge in [-0.25, -0.2) is 4.79 Å². The Morgan fingerprint density at radius 2 is 2.00 bits per heavy atom. The Kier molecular flexibility index (Phi) is 4.02. The van der Waals surface area contributed by atoms with Crippen LogP contribution in [0, 0.1) is 6.92 Å². The number of nitrogens with zero attached hydrogens (tertiary/aromatic N) is 2. The molecular weight excluding hydrogens is 324 g/mol. The fourth-order valence-electron chi connectivity index (χ4n) is 4.07. The third kappa shape index (κ3) is 3.20. The molecule has 136 valence electrons. The van der Waals surface area contributed by atoms with E-state index in [1.165, 1.54) is 11.1 Å². The molecule has 2 bridgehead atoms. The van der Waals surface area contributed by atoms with Crippen LogP contribution in [0.5, 0.6) is 0 Å². The molecule has 0 saturated carbocycles. The van der Waals surface area contributed by atoms with Gasteiger partial charge in [-0.2, -0.15) is 0 Å². The van der Waals surface area contributed by atoms with Crippen LogP contribution in [0.2, 0.25) is 0 Å². The van der Waals surface area contributed by atoms with Crippen molar-refractivity contribution in [3.05, 3.63) is 47.7 Å². The molecule has 1 aromatic heterocycles. The van der Waals surface area contributed by atoms with Gasteiger partial charge in [-0.15, -0.1) is 0 Å². The summed E-state index contributed by atoms with van der Waals surface area (Å²) in [4.78, 5) is 19.1. The van der Waals surface area contributed by atoms with E-state index in [0.29, 0.717) is 0 Å². The molecule has 0 radical (unpaired) electrons. The van der Waals surface area contributed by atoms with Crippen LogP contribution in [0.3, 0.4) is 0 Å². The number of pyridine rings is 1. The number of fused-ring (bicyclic) bond motifs is 3. The van der Waals surface area contributed by atoms with Crippen molar-refractivity contribution in [3.63, 3.8) is 0 Å². The minimum Gasteiger partial charge on any atom is -0.444 e. The topological polar surface area (TPSA) is 42.4 Å². The van der Waals surface area contributed by atoms with Crippen LogP contribution in [0.4, 0.5) is 4.79 Å². The lowest BCUT2D eigenvalue weighted by atomic mass is 9.94. The van der Waals surface area contributed by atoms with E-state index in [-0.39, 0.29) is 18.2 Å². The van der Waals surface area contributed by atoms with Crippen LogP contribution in [-0.4, -0.2) is 33.7 Å². The van der Waals surface area contributed by atoms with Gasteiger partial charge in [-0.05, 0) is 76.3 Å². The molecule has 2 aliphatic heterocycles. The third-order valence-corrected chi connectivity index (χ3v) is 5.20. The number of carbonyl (C=O) groups is 1. The third-order valence-electron chi connectivity index (χ3n) is 5.20. The summed E-state index contributed by atoms with van der Waals surface area (Å²) < 4.78 is 5.62. The fraction of sp³-hybridized carbons (Fsp3) is 0.455. The summed E-state index contributed by atoms with van der Waals surface area (Å²) in [5.41, 5.74) is 4.18. The van der Waals surface area contributed by atoms with Crippen molar-refractivity contribution in [2.75, 3.05) is 0 Å². The minimum atomic E-state index is -0.454. The zero-order valence-corrected chi connectivity index (χ0v) is 16.0. The van der Waals surface area contributed by atoms with Gasteiger partial charge < -0.3 is 4.74 Å². The van der Waals surface area contributed by atoms with Gasteiger partial charge in [-0.3, -0.25) is 9.88 Å². The van der Waals surface area contributed by atoms with Crippen molar-refractivity contribution >= 4 is 22.6 Å². The van der Waals surface area contributed by atoms with E-state index in [9.17, 15) is 4.79 Å². The quantitative estimate of drug-likeness (QED) is 0.719. The van der Waals surface area contributed by atoms with Crippen LogP contribution < -0.4 is 0 Å². The molecule has 4 nitrogen and oxygen atoms in total. The monoisotopic (exact) mass is 350 g/mol. The summed E-state index contributed by atoms with van der Waals surface area (Å²) >= 11 is 0. The Morgan fingerprint density at radius 1 is 1.19 bits per heavy atom. The maximum atomic E-state index is 12.6. The number of amides is 1.